The van der Waals surface area contributed by atoms with Crippen LogP contribution in [-0.2, 0) is 6.18 Å². The van der Waals surface area contributed by atoms with Crippen molar-refractivity contribution in [2.75, 3.05) is 0 Å². The van der Waals surface area contributed by atoms with Crippen molar-refractivity contribution in [1.82, 2.24) is 14.1 Å². The molecular formula is C53H25F3N8. The zero-order chi connectivity index (χ0) is 44.3. The topological polar surface area (TPSA) is 142 Å². The van der Waals surface area contributed by atoms with Crippen molar-refractivity contribution in [3.05, 3.63) is 185 Å². The fourth-order valence-corrected chi connectivity index (χ4v) is 8.64. The first kappa shape index (κ1) is 38.7. The maximum atomic E-state index is 14.6. The van der Waals surface area contributed by atoms with E-state index in [1.165, 1.54) is 18.2 Å². The van der Waals surface area contributed by atoms with Crippen LogP contribution in [0, 0.1) is 56.7 Å². The van der Waals surface area contributed by atoms with E-state index >= 15 is 0 Å². The molecule has 0 aliphatic heterocycles. The van der Waals surface area contributed by atoms with Crippen LogP contribution >= 0.6 is 0 Å². The van der Waals surface area contributed by atoms with Gasteiger partial charge in [-0.15, -0.1) is 0 Å². The van der Waals surface area contributed by atoms with Gasteiger partial charge in [0.25, 0.3) is 0 Å². The molecule has 0 saturated heterocycles. The number of pyridine rings is 1. The van der Waals surface area contributed by atoms with Crippen LogP contribution in [0.25, 0.3) is 88.5 Å². The van der Waals surface area contributed by atoms with Gasteiger partial charge in [0, 0.05) is 27.1 Å². The molecule has 0 saturated carbocycles. The summed E-state index contributed by atoms with van der Waals surface area (Å²) in [6.07, 6.45) is -3.11. The van der Waals surface area contributed by atoms with Gasteiger partial charge >= 0.3 is 6.18 Å². The third kappa shape index (κ3) is 6.41. The molecule has 64 heavy (non-hydrogen) atoms. The highest BCUT2D eigenvalue weighted by Gasteiger charge is 2.32. The third-order valence-corrected chi connectivity index (χ3v) is 11.4. The summed E-state index contributed by atoms with van der Waals surface area (Å²) in [5, 5.41) is 52.1. The summed E-state index contributed by atoms with van der Waals surface area (Å²) < 4.78 is 47.6. The van der Waals surface area contributed by atoms with E-state index in [4.69, 9.17) is 4.98 Å². The molecule has 0 aliphatic carbocycles. The Morgan fingerprint density at radius 3 is 1.34 bits per heavy atom. The van der Waals surface area contributed by atoms with Crippen molar-refractivity contribution >= 4 is 43.6 Å². The lowest BCUT2D eigenvalue weighted by molar-refractivity contribution is -0.137. The molecule has 7 aromatic carbocycles. The second-order valence-electron chi connectivity index (χ2n) is 15.2. The summed E-state index contributed by atoms with van der Waals surface area (Å²) in [6, 6.07) is 52.3. The maximum Gasteiger partial charge on any atom is 0.416 e. The fourth-order valence-electron chi connectivity index (χ4n) is 8.64. The fraction of sp³-hybridized carbons (Fsp3) is 0.0189. The normalized spacial score (nSPS) is 11.3. The largest absolute Gasteiger partial charge is 0.416 e. The summed E-state index contributed by atoms with van der Waals surface area (Å²) in [7, 11) is 0. The average molecular weight is 831 g/mol. The molecule has 0 spiro atoms. The van der Waals surface area contributed by atoms with E-state index in [9.17, 15) is 39.5 Å². The third-order valence-electron chi connectivity index (χ3n) is 11.4. The van der Waals surface area contributed by atoms with Gasteiger partial charge in [-0.2, -0.15) is 39.5 Å². The molecule has 0 atom stereocenters. The summed E-state index contributed by atoms with van der Waals surface area (Å²) >= 11 is 0. The van der Waals surface area contributed by atoms with Crippen molar-refractivity contribution in [3.63, 3.8) is 0 Å². The molecule has 8 nitrogen and oxygen atoms in total. The molecule has 0 aliphatic rings. The Kier molecular flexibility index (Phi) is 9.02. The van der Waals surface area contributed by atoms with Crippen LogP contribution in [0.5, 0.6) is 0 Å². The number of nitrogens with zero attached hydrogens (tertiary/aromatic N) is 8. The van der Waals surface area contributed by atoms with E-state index in [-0.39, 0.29) is 11.1 Å². The zero-order valence-electron chi connectivity index (χ0n) is 33.1. The summed E-state index contributed by atoms with van der Waals surface area (Å²) in [6.45, 7) is 0. The lowest BCUT2D eigenvalue weighted by Crippen LogP contribution is -2.07. The van der Waals surface area contributed by atoms with Crippen molar-refractivity contribution in [1.29, 1.82) is 26.3 Å². The van der Waals surface area contributed by atoms with Crippen molar-refractivity contribution in [3.8, 4) is 75.2 Å². The van der Waals surface area contributed by atoms with Crippen LogP contribution in [0.1, 0.15) is 33.4 Å². The molecule has 10 aromatic rings. The molecule has 0 bridgehead atoms. The van der Waals surface area contributed by atoms with Crippen molar-refractivity contribution < 1.29 is 13.2 Å². The number of nitriles is 5. The standard InChI is InChI=1S/C53H25F3N8/c54-53(55,56)41-20-35(29-61)19-40(21-41)44-24-52(64-48-8-4-2-6-43(48)46-23-37(10-12-50(46)64)39-17-33(27-59)14-34(18-39)28-60)62-30-51(44)63-47-7-3-1-5-42(47)45-22-36(9-11-49(45)63)38-15-31(25-57)13-32(16-38)26-58/h1-24,30H. The van der Waals surface area contributed by atoms with Gasteiger partial charge in [-0.1, -0.05) is 48.5 Å². The minimum absolute atomic E-state index is 0.152. The smallest absolute Gasteiger partial charge is 0.307 e. The van der Waals surface area contributed by atoms with E-state index in [1.807, 2.05) is 100 Å². The molecule has 11 heteroatoms. The molecule has 298 valence electrons. The highest BCUT2D eigenvalue weighted by atomic mass is 19.4. The molecule has 0 unspecified atom stereocenters. The number of aromatic nitrogens is 3. The minimum atomic E-state index is -4.75. The number of hydrogen-bond acceptors (Lipinski definition) is 6. The lowest BCUT2D eigenvalue weighted by Gasteiger charge is -2.18. The monoisotopic (exact) mass is 830 g/mol. The summed E-state index contributed by atoms with van der Waals surface area (Å²) in [5.41, 5.74) is 7.11. The molecule has 0 amide bonds. The first-order valence-corrected chi connectivity index (χ1v) is 19.7. The lowest BCUT2D eigenvalue weighted by atomic mass is 9.98. The first-order chi connectivity index (χ1) is 31.1. The van der Waals surface area contributed by atoms with Crippen LogP contribution in [0.2, 0.25) is 0 Å². The second kappa shape index (κ2) is 14.9. The van der Waals surface area contributed by atoms with Gasteiger partial charge in [-0.3, -0.25) is 4.57 Å². The molecule has 3 heterocycles. The average Bonchev–Trinajstić information content (AvgIpc) is 3.85. The predicted molar refractivity (Wildman–Crippen MR) is 238 cm³/mol. The van der Waals surface area contributed by atoms with E-state index in [2.05, 4.69) is 24.3 Å². The molecule has 0 fully saturated rings. The number of alkyl halides is 3. The molecule has 0 N–H and O–H groups in total. The molecular weight excluding hydrogens is 806 g/mol. The quantitative estimate of drug-likeness (QED) is 0.169. The molecule has 0 radical (unpaired) electrons. The van der Waals surface area contributed by atoms with E-state index < -0.39 is 11.7 Å². The van der Waals surface area contributed by atoms with Crippen LogP contribution in [0.15, 0.2) is 152 Å². The van der Waals surface area contributed by atoms with Crippen molar-refractivity contribution in [2.24, 2.45) is 0 Å². The van der Waals surface area contributed by atoms with Crippen LogP contribution in [-0.4, -0.2) is 14.1 Å². The predicted octanol–water partition coefficient (Wildman–Crippen LogP) is 12.7. The zero-order valence-corrected chi connectivity index (χ0v) is 33.1. The van der Waals surface area contributed by atoms with Crippen LogP contribution < -0.4 is 0 Å². The molecule has 10 rings (SSSR count). The minimum Gasteiger partial charge on any atom is -0.307 e. The van der Waals surface area contributed by atoms with Crippen LogP contribution in [0.4, 0.5) is 13.2 Å². The Labute approximate surface area is 362 Å². The van der Waals surface area contributed by atoms with Gasteiger partial charge in [0.05, 0.1) is 97.7 Å². The summed E-state index contributed by atoms with van der Waals surface area (Å²) in [4.78, 5) is 5.04. The molecule has 3 aromatic heterocycles. The Morgan fingerprint density at radius 1 is 0.406 bits per heavy atom. The Morgan fingerprint density at radius 2 is 0.844 bits per heavy atom. The van der Waals surface area contributed by atoms with Gasteiger partial charge in [0.1, 0.15) is 5.82 Å². The number of para-hydroxylation sites is 2. The van der Waals surface area contributed by atoms with Crippen molar-refractivity contribution in [2.45, 2.75) is 6.18 Å². The second-order valence-corrected chi connectivity index (χ2v) is 15.2. The number of hydrogen-bond donors (Lipinski definition) is 0. The highest BCUT2D eigenvalue weighted by Crippen LogP contribution is 2.42. The maximum absolute atomic E-state index is 14.6. The first-order valence-electron chi connectivity index (χ1n) is 19.7. The van der Waals surface area contributed by atoms with Gasteiger partial charge < -0.3 is 4.57 Å². The number of halogens is 3. The number of fused-ring (bicyclic) bond motifs is 6. The van der Waals surface area contributed by atoms with E-state index in [0.717, 1.165) is 66.9 Å². The number of benzene rings is 7. The SMILES string of the molecule is N#Cc1cc(C#N)cc(-c2ccc3c(c2)c2ccccc2n3-c2cc(-c3cc(C#N)cc(C(F)(F)F)c3)c(-n3c4ccccc4c4cc(-c5cc(C#N)cc(C#N)c5)ccc43)cn2)c1. The van der Waals surface area contributed by atoms with Gasteiger partial charge in [-0.05, 0) is 125 Å². The summed E-state index contributed by atoms with van der Waals surface area (Å²) in [5.74, 6) is 0.403. The Bertz CT molecular complexity index is 3790. The van der Waals surface area contributed by atoms with E-state index in [1.54, 1.807) is 36.5 Å². The van der Waals surface area contributed by atoms with Gasteiger partial charge in [0.2, 0.25) is 0 Å². The highest BCUT2D eigenvalue weighted by molar-refractivity contribution is 6.12. The number of rotatable bonds is 5. The Hall–Kier alpha value is -9.47. The Balaban J connectivity index is 1.24. The van der Waals surface area contributed by atoms with Gasteiger partial charge in [-0.25, -0.2) is 4.98 Å². The van der Waals surface area contributed by atoms with E-state index in [0.29, 0.717) is 50.4 Å². The van der Waals surface area contributed by atoms with Crippen LogP contribution in [0.3, 0.4) is 0 Å². The van der Waals surface area contributed by atoms with Gasteiger partial charge in [0.15, 0.2) is 0 Å².